The predicted molar refractivity (Wildman–Crippen MR) is 69.8 cm³/mol. The first-order valence-electron chi connectivity index (χ1n) is 6.19. The molecule has 18 heavy (non-hydrogen) atoms. The second-order valence-corrected chi connectivity index (χ2v) is 5.58. The number of aromatic nitrogens is 2. The number of aliphatic hydroxyl groups is 1. The molecule has 5 heteroatoms. The molecule has 0 fully saturated rings. The smallest absolute Gasteiger partial charge is 0.162 e. The lowest BCUT2D eigenvalue weighted by Crippen LogP contribution is -2.24. The van der Waals surface area contributed by atoms with E-state index in [0.717, 1.165) is 0 Å². The molecule has 0 saturated heterocycles. The molecule has 1 heterocycles. The van der Waals surface area contributed by atoms with Gasteiger partial charge in [-0.2, -0.15) is 5.10 Å². The van der Waals surface area contributed by atoms with Gasteiger partial charge in [-0.15, -0.1) is 0 Å². The van der Waals surface area contributed by atoms with Crippen LogP contribution in [0.3, 0.4) is 0 Å². The Morgan fingerprint density at radius 2 is 2.00 bits per heavy atom. The SMILES string of the molecule is COc1cnn(C(C)C)c1C(O)COC(C)(C)C. The van der Waals surface area contributed by atoms with E-state index in [-0.39, 0.29) is 18.2 Å². The Hall–Kier alpha value is -1.07. The Balaban J connectivity index is 2.89. The van der Waals surface area contributed by atoms with Crippen molar-refractivity contribution in [2.75, 3.05) is 13.7 Å². The monoisotopic (exact) mass is 256 g/mol. The Kier molecular flexibility index (Phi) is 4.76. The van der Waals surface area contributed by atoms with Crippen molar-refractivity contribution in [1.82, 2.24) is 9.78 Å². The first kappa shape index (κ1) is 15.0. The molecule has 0 aliphatic heterocycles. The number of hydrogen-bond acceptors (Lipinski definition) is 4. The molecule has 0 aliphatic rings. The van der Waals surface area contributed by atoms with Gasteiger partial charge in [-0.05, 0) is 34.6 Å². The fourth-order valence-electron chi connectivity index (χ4n) is 1.65. The predicted octanol–water partition coefficient (Wildman–Crippen LogP) is 2.32. The van der Waals surface area contributed by atoms with Crippen molar-refractivity contribution in [3.8, 4) is 5.75 Å². The van der Waals surface area contributed by atoms with Gasteiger partial charge in [-0.1, -0.05) is 0 Å². The second kappa shape index (κ2) is 5.71. The van der Waals surface area contributed by atoms with Gasteiger partial charge in [0, 0.05) is 6.04 Å². The average molecular weight is 256 g/mol. The number of ether oxygens (including phenoxy) is 2. The van der Waals surface area contributed by atoms with Crippen LogP contribution in [0.4, 0.5) is 0 Å². The van der Waals surface area contributed by atoms with Gasteiger partial charge in [-0.3, -0.25) is 4.68 Å². The van der Waals surface area contributed by atoms with Gasteiger partial charge in [0.1, 0.15) is 11.8 Å². The summed E-state index contributed by atoms with van der Waals surface area (Å²) in [5.41, 5.74) is 0.383. The summed E-state index contributed by atoms with van der Waals surface area (Å²) < 4.78 is 12.6. The van der Waals surface area contributed by atoms with Gasteiger partial charge in [-0.25, -0.2) is 0 Å². The minimum absolute atomic E-state index is 0.160. The lowest BCUT2D eigenvalue weighted by Gasteiger charge is -2.23. The third-order valence-corrected chi connectivity index (χ3v) is 2.50. The normalized spacial score (nSPS) is 14.0. The zero-order chi connectivity index (χ0) is 13.9. The second-order valence-electron chi connectivity index (χ2n) is 5.58. The van der Waals surface area contributed by atoms with E-state index in [0.29, 0.717) is 11.4 Å². The number of rotatable bonds is 5. The molecule has 1 atom stereocenters. The fourth-order valence-corrected chi connectivity index (χ4v) is 1.65. The van der Waals surface area contributed by atoms with Crippen LogP contribution in [-0.4, -0.2) is 34.2 Å². The topological polar surface area (TPSA) is 56.5 Å². The number of nitrogens with zero attached hydrogens (tertiary/aromatic N) is 2. The van der Waals surface area contributed by atoms with Crippen LogP contribution in [0.25, 0.3) is 0 Å². The van der Waals surface area contributed by atoms with Gasteiger partial charge < -0.3 is 14.6 Å². The molecule has 1 N–H and O–H groups in total. The van der Waals surface area contributed by atoms with Crippen LogP contribution in [0.2, 0.25) is 0 Å². The first-order valence-corrected chi connectivity index (χ1v) is 6.19. The van der Waals surface area contributed by atoms with Gasteiger partial charge in [0.15, 0.2) is 5.75 Å². The zero-order valence-corrected chi connectivity index (χ0v) is 12.1. The summed E-state index contributed by atoms with van der Waals surface area (Å²) in [4.78, 5) is 0. The van der Waals surface area contributed by atoms with Crippen molar-refractivity contribution in [3.63, 3.8) is 0 Å². The van der Waals surface area contributed by atoms with Crippen LogP contribution < -0.4 is 4.74 Å². The quantitative estimate of drug-likeness (QED) is 0.878. The van der Waals surface area contributed by atoms with E-state index in [1.807, 2.05) is 34.6 Å². The molecular formula is C13H24N2O3. The van der Waals surface area contributed by atoms with Crippen LogP contribution in [0.5, 0.6) is 5.75 Å². The first-order chi connectivity index (χ1) is 8.26. The number of aliphatic hydroxyl groups excluding tert-OH is 1. The molecule has 0 radical (unpaired) electrons. The van der Waals surface area contributed by atoms with E-state index in [1.165, 1.54) is 0 Å². The van der Waals surface area contributed by atoms with E-state index < -0.39 is 6.10 Å². The van der Waals surface area contributed by atoms with E-state index in [4.69, 9.17) is 9.47 Å². The van der Waals surface area contributed by atoms with Crippen molar-refractivity contribution in [3.05, 3.63) is 11.9 Å². The van der Waals surface area contributed by atoms with Gasteiger partial charge in [0.25, 0.3) is 0 Å². The van der Waals surface area contributed by atoms with Crippen molar-refractivity contribution >= 4 is 0 Å². The minimum atomic E-state index is -0.746. The molecule has 104 valence electrons. The van der Waals surface area contributed by atoms with Crippen molar-refractivity contribution in [2.45, 2.75) is 52.4 Å². The van der Waals surface area contributed by atoms with Gasteiger partial charge in [0.05, 0.1) is 25.5 Å². The van der Waals surface area contributed by atoms with Crippen molar-refractivity contribution < 1.29 is 14.6 Å². The summed E-state index contributed by atoms with van der Waals surface area (Å²) in [5, 5.41) is 14.5. The van der Waals surface area contributed by atoms with Crippen molar-refractivity contribution in [2.24, 2.45) is 0 Å². The molecule has 0 spiro atoms. The summed E-state index contributed by atoms with van der Waals surface area (Å²) in [6.45, 7) is 10.1. The molecular weight excluding hydrogens is 232 g/mol. The number of methoxy groups -OCH3 is 1. The summed E-state index contributed by atoms with van der Waals surface area (Å²) in [6.07, 6.45) is 0.874. The Morgan fingerprint density at radius 3 is 2.44 bits per heavy atom. The van der Waals surface area contributed by atoms with Gasteiger partial charge in [0.2, 0.25) is 0 Å². The molecule has 0 amide bonds. The maximum atomic E-state index is 10.2. The summed E-state index contributed by atoms with van der Waals surface area (Å²) in [6, 6.07) is 0.160. The van der Waals surface area contributed by atoms with E-state index in [9.17, 15) is 5.11 Å². The molecule has 1 aromatic heterocycles. The molecule has 1 unspecified atom stereocenters. The lowest BCUT2D eigenvalue weighted by atomic mass is 10.2. The largest absolute Gasteiger partial charge is 0.493 e. The summed E-state index contributed by atoms with van der Waals surface area (Å²) >= 11 is 0. The third kappa shape index (κ3) is 3.71. The highest BCUT2D eigenvalue weighted by molar-refractivity contribution is 5.27. The third-order valence-electron chi connectivity index (χ3n) is 2.50. The number of hydrogen-bond donors (Lipinski definition) is 1. The molecule has 0 aliphatic carbocycles. The standard InChI is InChI=1S/C13H24N2O3/c1-9(2)15-12(11(17-6)7-14-15)10(16)8-18-13(3,4)5/h7,9-10,16H,8H2,1-6H3. The lowest BCUT2D eigenvalue weighted by molar-refractivity contribution is -0.0524. The molecule has 1 aromatic rings. The molecule has 1 rings (SSSR count). The van der Waals surface area contributed by atoms with Gasteiger partial charge >= 0.3 is 0 Å². The van der Waals surface area contributed by atoms with Crippen LogP contribution in [0, 0.1) is 0 Å². The maximum Gasteiger partial charge on any atom is 0.162 e. The summed E-state index contributed by atoms with van der Waals surface area (Å²) in [7, 11) is 1.57. The van der Waals surface area contributed by atoms with Crippen LogP contribution in [-0.2, 0) is 4.74 Å². The minimum Gasteiger partial charge on any atom is -0.493 e. The Morgan fingerprint density at radius 1 is 1.39 bits per heavy atom. The molecule has 5 nitrogen and oxygen atoms in total. The van der Waals surface area contributed by atoms with E-state index >= 15 is 0 Å². The molecule has 0 bridgehead atoms. The maximum absolute atomic E-state index is 10.2. The zero-order valence-electron chi connectivity index (χ0n) is 12.1. The van der Waals surface area contributed by atoms with Crippen LogP contribution >= 0.6 is 0 Å². The van der Waals surface area contributed by atoms with E-state index in [1.54, 1.807) is 18.0 Å². The Labute approximate surface area is 109 Å². The van der Waals surface area contributed by atoms with Crippen molar-refractivity contribution in [1.29, 1.82) is 0 Å². The Bertz CT molecular complexity index is 380. The highest BCUT2D eigenvalue weighted by Gasteiger charge is 2.23. The molecule has 0 aromatic carbocycles. The summed E-state index contributed by atoms with van der Waals surface area (Å²) in [5.74, 6) is 0.591. The highest BCUT2D eigenvalue weighted by Crippen LogP contribution is 2.28. The highest BCUT2D eigenvalue weighted by atomic mass is 16.5. The fraction of sp³-hybridized carbons (Fsp3) is 0.769. The van der Waals surface area contributed by atoms with Crippen LogP contribution in [0.15, 0.2) is 6.20 Å². The van der Waals surface area contributed by atoms with E-state index in [2.05, 4.69) is 5.10 Å². The average Bonchev–Trinajstić information content (AvgIpc) is 2.68. The molecule has 0 saturated carbocycles. The van der Waals surface area contributed by atoms with Crippen LogP contribution in [0.1, 0.15) is 52.5 Å².